The summed E-state index contributed by atoms with van der Waals surface area (Å²) in [5.74, 6) is -1.52. The topological polar surface area (TPSA) is 112 Å². The Bertz CT molecular complexity index is 1580. The van der Waals surface area contributed by atoms with Crippen molar-refractivity contribution in [3.63, 3.8) is 0 Å². The van der Waals surface area contributed by atoms with Crippen LogP contribution in [0.3, 0.4) is 0 Å². The Labute approximate surface area is 220 Å². The quantitative estimate of drug-likeness (QED) is 0.299. The molecule has 2 atom stereocenters. The smallest absolute Gasteiger partial charge is 0.353 e. The standard InChI is InChI=1S/C27H21N3O5S2/c31-21(13-28-15-7-2-1-3-8-15)29-23-25(32)30-24(27(33)34)20(14-36-26(23)30)37-19-12-6-11-18-22(19)16-9-4-5-10-17(16)35-18/h1-12,23,26,28H,13-14H2,(H,29,31)(H,33,34)/t23-,26+/m1/s1. The summed E-state index contributed by atoms with van der Waals surface area (Å²) in [7, 11) is 0. The lowest BCUT2D eigenvalue weighted by molar-refractivity contribution is -0.150. The van der Waals surface area contributed by atoms with E-state index in [1.54, 1.807) is 0 Å². The molecule has 0 saturated carbocycles. The van der Waals surface area contributed by atoms with Gasteiger partial charge in [-0.25, -0.2) is 4.79 Å². The number of hydrogen-bond donors (Lipinski definition) is 3. The summed E-state index contributed by atoms with van der Waals surface area (Å²) in [6, 6.07) is 21.9. The highest BCUT2D eigenvalue weighted by Gasteiger charge is 2.54. The van der Waals surface area contributed by atoms with Gasteiger partial charge < -0.3 is 20.2 Å². The van der Waals surface area contributed by atoms with E-state index in [-0.39, 0.29) is 18.1 Å². The van der Waals surface area contributed by atoms with Crippen molar-refractivity contribution >= 4 is 68.9 Å². The number of carbonyl (C=O) groups excluding carboxylic acids is 2. The van der Waals surface area contributed by atoms with E-state index in [0.29, 0.717) is 10.7 Å². The highest BCUT2D eigenvalue weighted by Crippen LogP contribution is 2.47. The van der Waals surface area contributed by atoms with Crippen molar-refractivity contribution in [3.05, 3.63) is 83.4 Å². The fourth-order valence-corrected chi connectivity index (χ4v) is 7.23. The van der Waals surface area contributed by atoms with Crippen molar-refractivity contribution in [2.45, 2.75) is 16.3 Å². The van der Waals surface area contributed by atoms with Crippen LogP contribution < -0.4 is 10.6 Å². The van der Waals surface area contributed by atoms with Crippen LogP contribution in [0.4, 0.5) is 5.69 Å². The Hall–Kier alpha value is -3.89. The van der Waals surface area contributed by atoms with Crippen LogP contribution in [0.25, 0.3) is 21.9 Å². The van der Waals surface area contributed by atoms with Gasteiger partial charge in [-0.15, -0.1) is 11.8 Å². The first-order valence-corrected chi connectivity index (χ1v) is 13.5. The maximum absolute atomic E-state index is 13.0. The highest BCUT2D eigenvalue weighted by molar-refractivity contribution is 8.06. The number of amides is 2. The van der Waals surface area contributed by atoms with Gasteiger partial charge in [-0.1, -0.05) is 54.2 Å². The third kappa shape index (κ3) is 4.21. The Morgan fingerprint density at radius 2 is 1.78 bits per heavy atom. The number of carboxylic acids is 1. The molecule has 0 aliphatic carbocycles. The summed E-state index contributed by atoms with van der Waals surface area (Å²) < 4.78 is 5.96. The minimum Gasteiger partial charge on any atom is -0.477 e. The van der Waals surface area contributed by atoms with Gasteiger partial charge in [-0.05, 0) is 30.3 Å². The Balaban J connectivity index is 1.22. The van der Waals surface area contributed by atoms with Gasteiger partial charge in [-0.3, -0.25) is 14.5 Å². The van der Waals surface area contributed by atoms with E-state index in [4.69, 9.17) is 4.42 Å². The van der Waals surface area contributed by atoms with Crippen LogP contribution >= 0.6 is 23.5 Å². The molecule has 0 radical (unpaired) electrons. The number of benzene rings is 3. The maximum Gasteiger partial charge on any atom is 0.353 e. The van der Waals surface area contributed by atoms with Crippen LogP contribution in [0.15, 0.2) is 92.7 Å². The van der Waals surface area contributed by atoms with Gasteiger partial charge in [-0.2, -0.15) is 0 Å². The zero-order valence-corrected chi connectivity index (χ0v) is 21.0. The predicted octanol–water partition coefficient (Wildman–Crippen LogP) is 4.49. The Morgan fingerprint density at radius 1 is 1.03 bits per heavy atom. The molecule has 8 nitrogen and oxygen atoms in total. The molecule has 3 heterocycles. The molecule has 186 valence electrons. The van der Waals surface area contributed by atoms with Gasteiger partial charge in [0, 0.05) is 32.0 Å². The number of hydrogen-bond acceptors (Lipinski definition) is 7. The van der Waals surface area contributed by atoms with E-state index in [9.17, 15) is 19.5 Å². The number of fused-ring (bicyclic) bond motifs is 4. The SMILES string of the molecule is O=C(CNc1ccccc1)N[C@@H]1C(=O)N2C(C(=O)O)=C(Sc3cccc4oc5ccccc5c34)CS[C@@H]12. The zero-order valence-electron chi connectivity index (χ0n) is 19.3. The fraction of sp³-hybridized carbons (Fsp3) is 0.148. The fourth-order valence-electron chi connectivity index (χ4n) is 4.59. The van der Waals surface area contributed by atoms with Crippen LogP contribution in [0, 0.1) is 0 Å². The number of thioether (sulfide) groups is 2. The summed E-state index contributed by atoms with van der Waals surface area (Å²) in [4.78, 5) is 40.5. The summed E-state index contributed by atoms with van der Waals surface area (Å²) in [5, 5.41) is 17.2. The lowest BCUT2D eigenvalue weighted by Gasteiger charge is -2.49. The summed E-state index contributed by atoms with van der Waals surface area (Å²) >= 11 is 2.78. The van der Waals surface area contributed by atoms with Gasteiger partial charge in [0.25, 0.3) is 5.91 Å². The first-order chi connectivity index (χ1) is 18.0. The molecule has 2 aliphatic heterocycles. The summed E-state index contributed by atoms with van der Waals surface area (Å²) in [6.07, 6.45) is 0. The first-order valence-electron chi connectivity index (χ1n) is 11.6. The second-order valence-electron chi connectivity index (χ2n) is 8.58. The van der Waals surface area contributed by atoms with E-state index in [2.05, 4.69) is 10.6 Å². The molecule has 37 heavy (non-hydrogen) atoms. The number of carbonyl (C=O) groups is 3. The van der Waals surface area contributed by atoms with Crippen molar-refractivity contribution in [3.8, 4) is 0 Å². The van der Waals surface area contributed by atoms with Gasteiger partial charge in [0.15, 0.2) is 0 Å². The second kappa shape index (κ2) is 9.53. The minimum absolute atomic E-state index is 0.0105. The molecule has 10 heteroatoms. The Kier molecular flexibility index (Phi) is 6.05. The molecular formula is C27H21N3O5S2. The van der Waals surface area contributed by atoms with Gasteiger partial charge in [0.05, 0.1) is 6.54 Å². The van der Waals surface area contributed by atoms with Crippen molar-refractivity contribution in [1.29, 1.82) is 0 Å². The molecule has 4 aromatic rings. The van der Waals surface area contributed by atoms with Crippen LogP contribution in [0.2, 0.25) is 0 Å². The third-order valence-electron chi connectivity index (χ3n) is 6.28. The normalized spacial score (nSPS) is 19.0. The highest BCUT2D eigenvalue weighted by atomic mass is 32.2. The van der Waals surface area contributed by atoms with Gasteiger partial charge in [0.2, 0.25) is 5.91 Å². The number of aliphatic carboxylic acids is 1. The summed E-state index contributed by atoms with van der Waals surface area (Å²) in [6.45, 7) is 0.0105. The molecule has 3 N–H and O–H groups in total. The average Bonchev–Trinajstić information content (AvgIpc) is 3.30. The number of anilines is 1. The predicted molar refractivity (Wildman–Crippen MR) is 144 cm³/mol. The molecule has 6 rings (SSSR count). The van der Waals surface area contributed by atoms with Crippen LogP contribution in [0.5, 0.6) is 0 Å². The van der Waals surface area contributed by atoms with Crippen LogP contribution in [-0.2, 0) is 14.4 Å². The molecule has 0 unspecified atom stereocenters. The molecule has 0 spiro atoms. The van der Waals surface area contributed by atoms with Crippen LogP contribution in [0.1, 0.15) is 0 Å². The zero-order chi connectivity index (χ0) is 25.5. The van der Waals surface area contributed by atoms with E-state index >= 15 is 0 Å². The van der Waals surface area contributed by atoms with E-state index < -0.39 is 23.3 Å². The van der Waals surface area contributed by atoms with Crippen molar-refractivity contribution in [2.75, 3.05) is 17.6 Å². The molecule has 1 aromatic heterocycles. The molecule has 2 amide bonds. The second-order valence-corrected chi connectivity index (χ2v) is 10.8. The number of rotatable bonds is 7. The number of furan rings is 1. The lowest BCUT2D eigenvalue weighted by atomic mass is 10.1. The molecule has 3 aromatic carbocycles. The number of nitrogens with zero attached hydrogens (tertiary/aromatic N) is 1. The number of nitrogens with one attached hydrogen (secondary N) is 2. The molecule has 2 aliphatic rings. The molecular weight excluding hydrogens is 510 g/mol. The van der Waals surface area contributed by atoms with Crippen molar-refractivity contribution in [2.24, 2.45) is 0 Å². The third-order valence-corrected chi connectivity index (χ3v) is 8.88. The molecule has 0 bridgehead atoms. The molecule has 1 saturated heterocycles. The van der Waals surface area contributed by atoms with Crippen molar-refractivity contribution in [1.82, 2.24) is 10.2 Å². The van der Waals surface area contributed by atoms with E-state index in [0.717, 1.165) is 32.5 Å². The van der Waals surface area contributed by atoms with E-state index in [1.165, 1.54) is 28.4 Å². The Morgan fingerprint density at radius 3 is 2.59 bits per heavy atom. The van der Waals surface area contributed by atoms with Crippen molar-refractivity contribution < 1.29 is 23.9 Å². The minimum atomic E-state index is -1.17. The first kappa shape index (κ1) is 23.5. The van der Waals surface area contributed by atoms with Gasteiger partial charge in [0.1, 0.15) is 28.3 Å². The largest absolute Gasteiger partial charge is 0.477 e. The lowest BCUT2D eigenvalue weighted by Crippen LogP contribution is -2.70. The number of β-lactam (4-membered cyclic amide) rings is 1. The molecule has 1 fully saturated rings. The monoisotopic (exact) mass is 531 g/mol. The number of carboxylic acid groups (broad SMARTS) is 1. The van der Waals surface area contributed by atoms with E-state index in [1.807, 2.05) is 72.8 Å². The average molecular weight is 532 g/mol. The number of para-hydroxylation sites is 2. The van der Waals surface area contributed by atoms with Gasteiger partial charge >= 0.3 is 5.97 Å². The maximum atomic E-state index is 13.0. The summed E-state index contributed by atoms with van der Waals surface area (Å²) in [5.41, 5.74) is 2.24. The van der Waals surface area contributed by atoms with Crippen LogP contribution in [-0.4, -0.2) is 51.5 Å².